The number of benzene rings is 1. The van der Waals surface area contributed by atoms with Crippen LogP contribution in [0.4, 0.5) is 4.39 Å². The SMILES string of the molecule is C=C(C)[C@@H]1CC[C@]2(C(=O)O)CC[C@]3(C)C(CCC4[C@@]5(C)Cc6c([nH]c7ccc(F)cc67)C(C)(C)C5CC[C@]43C)C12. The summed E-state index contributed by atoms with van der Waals surface area (Å²) in [5.74, 6) is 1.36. The van der Waals surface area contributed by atoms with Gasteiger partial charge in [-0.3, -0.25) is 4.79 Å². The van der Waals surface area contributed by atoms with Crippen LogP contribution in [0.15, 0.2) is 30.4 Å². The molecular weight excluding hydrogens is 497 g/mol. The molecule has 4 heteroatoms. The Kier molecular flexibility index (Phi) is 5.38. The Hall–Kier alpha value is -2.10. The number of carboxylic acid groups (broad SMARTS) is 1. The number of carbonyl (C=O) groups is 1. The number of aliphatic carboxylic acids is 1. The zero-order valence-electron chi connectivity index (χ0n) is 25.4. The number of nitrogens with one attached hydrogen (secondary N) is 1. The first-order valence-electron chi connectivity index (χ1n) is 15.9. The molecule has 0 bridgehead atoms. The van der Waals surface area contributed by atoms with E-state index in [9.17, 15) is 14.3 Å². The minimum absolute atomic E-state index is 0.0154. The number of aromatic amines is 1. The van der Waals surface area contributed by atoms with Gasteiger partial charge in [-0.2, -0.15) is 0 Å². The maximum Gasteiger partial charge on any atom is 0.309 e. The predicted octanol–water partition coefficient (Wildman–Crippen LogP) is 9.06. The van der Waals surface area contributed by atoms with Crippen molar-refractivity contribution in [2.24, 2.45) is 51.2 Å². The number of hydrogen-bond donors (Lipinski definition) is 2. The van der Waals surface area contributed by atoms with Crippen molar-refractivity contribution in [3.8, 4) is 0 Å². The van der Waals surface area contributed by atoms with Crippen LogP contribution >= 0.6 is 0 Å². The Morgan fingerprint density at radius 1 is 0.975 bits per heavy atom. The van der Waals surface area contributed by atoms with Gasteiger partial charge in [-0.1, -0.05) is 46.8 Å². The molecule has 4 unspecified atom stereocenters. The van der Waals surface area contributed by atoms with Crippen LogP contribution in [0.25, 0.3) is 10.9 Å². The van der Waals surface area contributed by atoms with Crippen LogP contribution in [0.2, 0.25) is 0 Å². The summed E-state index contributed by atoms with van der Waals surface area (Å²) in [6.07, 6.45) is 9.31. The largest absolute Gasteiger partial charge is 0.481 e. The normalized spacial score (nSPS) is 45.1. The van der Waals surface area contributed by atoms with Crippen LogP contribution in [0.1, 0.15) is 104 Å². The maximum absolute atomic E-state index is 14.5. The minimum atomic E-state index is -0.575. The summed E-state index contributed by atoms with van der Waals surface area (Å²) >= 11 is 0. The van der Waals surface area contributed by atoms with Gasteiger partial charge < -0.3 is 10.1 Å². The molecule has 9 atom stereocenters. The molecular formula is C36H48FNO2. The van der Waals surface area contributed by atoms with Crippen molar-refractivity contribution in [1.29, 1.82) is 0 Å². The lowest BCUT2D eigenvalue weighted by molar-refractivity contribution is -0.227. The molecule has 0 saturated heterocycles. The molecule has 7 rings (SSSR count). The number of aromatic nitrogens is 1. The summed E-state index contributed by atoms with van der Waals surface area (Å²) in [6, 6.07) is 5.24. The van der Waals surface area contributed by atoms with Gasteiger partial charge in [0.1, 0.15) is 5.82 Å². The summed E-state index contributed by atoms with van der Waals surface area (Å²) in [4.78, 5) is 16.7. The van der Waals surface area contributed by atoms with Crippen molar-refractivity contribution < 1.29 is 14.3 Å². The molecule has 5 aliphatic rings. The molecule has 2 N–H and O–H groups in total. The summed E-state index contributed by atoms with van der Waals surface area (Å²) in [5.41, 5.74) is 4.69. The van der Waals surface area contributed by atoms with Crippen molar-refractivity contribution in [2.75, 3.05) is 0 Å². The molecule has 40 heavy (non-hydrogen) atoms. The average molecular weight is 546 g/mol. The second-order valence-corrected chi connectivity index (χ2v) is 16.2. The first kappa shape index (κ1) is 26.8. The number of hydrogen-bond acceptors (Lipinski definition) is 1. The number of rotatable bonds is 2. The minimum Gasteiger partial charge on any atom is -0.481 e. The Morgan fingerprint density at radius 2 is 1.73 bits per heavy atom. The fourth-order valence-electron chi connectivity index (χ4n) is 12.8. The number of allylic oxidation sites excluding steroid dienone is 1. The first-order valence-corrected chi connectivity index (χ1v) is 15.9. The third-order valence-corrected chi connectivity index (χ3v) is 14.7. The maximum atomic E-state index is 14.5. The van der Waals surface area contributed by atoms with E-state index < -0.39 is 11.4 Å². The van der Waals surface area contributed by atoms with E-state index in [1.807, 2.05) is 6.07 Å². The third-order valence-electron chi connectivity index (χ3n) is 14.7. The summed E-state index contributed by atoms with van der Waals surface area (Å²) in [7, 11) is 0. The Bertz CT molecular complexity index is 1440. The molecule has 216 valence electrons. The predicted molar refractivity (Wildman–Crippen MR) is 159 cm³/mol. The molecule has 0 amide bonds. The average Bonchev–Trinajstić information content (AvgIpc) is 3.44. The van der Waals surface area contributed by atoms with Gasteiger partial charge in [0.25, 0.3) is 0 Å². The van der Waals surface area contributed by atoms with Gasteiger partial charge in [-0.25, -0.2) is 4.39 Å². The Morgan fingerprint density at radius 3 is 2.42 bits per heavy atom. The second-order valence-electron chi connectivity index (χ2n) is 16.2. The fourth-order valence-corrected chi connectivity index (χ4v) is 12.8. The smallest absolute Gasteiger partial charge is 0.309 e. The van der Waals surface area contributed by atoms with Gasteiger partial charge in [0.2, 0.25) is 0 Å². The Balaban J connectivity index is 1.34. The van der Waals surface area contributed by atoms with Gasteiger partial charge >= 0.3 is 5.97 Å². The zero-order chi connectivity index (χ0) is 28.6. The summed E-state index contributed by atoms with van der Waals surface area (Å²) in [5, 5.41) is 11.7. The summed E-state index contributed by atoms with van der Waals surface area (Å²) in [6.45, 7) is 19.1. The third kappa shape index (κ3) is 2.99. The van der Waals surface area contributed by atoms with Crippen LogP contribution in [-0.2, 0) is 16.6 Å². The van der Waals surface area contributed by atoms with Gasteiger partial charge in [0.15, 0.2) is 0 Å². The highest BCUT2D eigenvalue weighted by atomic mass is 19.1. The van der Waals surface area contributed by atoms with Crippen LogP contribution in [0, 0.1) is 57.1 Å². The lowest BCUT2D eigenvalue weighted by Gasteiger charge is -2.72. The van der Waals surface area contributed by atoms with Crippen LogP contribution in [-0.4, -0.2) is 16.1 Å². The summed E-state index contributed by atoms with van der Waals surface area (Å²) < 4.78 is 14.5. The van der Waals surface area contributed by atoms with E-state index in [1.54, 1.807) is 12.1 Å². The standard InChI is InChI=1S/C36H48FNO2/c1-20(2)22-12-15-36(31(39)40)17-16-34(6)25(29(22)36)9-11-28-33(5)19-24-23-18-21(37)8-10-26(23)38-30(24)32(3,4)27(33)13-14-35(28,34)7/h8,10,18,22,25,27-29,38H,1,9,11-17,19H2,2-7H3,(H,39,40)/t22-,25?,27?,28?,29?,33-,34+,35+,36-/m0/s1. The first-order chi connectivity index (χ1) is 18.7. The van der Waals surface area contributed by atoms with Crippen molar-refractivity contribution in [1.82, 2.24) is 4.98 Å². The zero-order valence-corrected chi connectivity index (χ0v) is 25.4. The topological polar surface area (TPSA) is 53.1 Å². The molecule has 3 nitrogen and oxygen atoms in total. The van der Waals surface area contributed by atoms with Gasteiger partial charge in [0.05, 0.1) is 5.41 Å². The highest BCUT2D eigenvalue weighted by Gasteiger charge is 2.72. The lowest BCUT2D eigenvalue weighted by Crippen LogP contribution is -2.66. The van der Waals surface area contributed by atoms with Gasteiger partial charge in [-0.05, 0) is 134 Å². The van der Waals surface area contributed by atoms with Crippen molar-refractivity contribution in [3.05, 3.63) is 47.4 Å². The molecule has 0 aliphatic heterocycles. The molecule has 1 heterocycles. The molecule has 4 fully saturated rings. The number of H-pyrrole nitrogens is 1. The van der Waals surface area contributed by atoms with E-state index >= 15 is 0 Å². The highest BCUT2D eigenvalue weighted by molar-refractivity contribution is 5.85. The molecule has 0 radical (unpaired) electrons. The lowest BCUT2D eigenvalue weighted by atomic mass is 9.32. The van der Waals surface area contributed by atoms with Crippen LogP contribution in [0.3, 0.4) is 0 Å². The molecule has 4 saturated carbocycles. The molecule has 2 aromatic rings. The fraction of sp³-hybridized carbons (Fsp3) is 0.694. The molecule has 1 aromatic heterocycles. The van der Waals surface area contributed by atoms with E-state index in [1.165, 1.54) is 36.1 Å². The molecule has 0 spiro atoms. The number of fused-ring (bicyclic) bond motifs is 10. The van der Waals surface area contributed by atoms with Crippen molar-refractivity contribution in [2.45, 2.75) is 105 Å². The van der Waals surface area contributed by atoms with E-state index in [2.05, 4.69) is 53.1 Å². The number of halogens is 1. The van der Waals surface area contributed by atoms with Crippen molar-refractivity contribution >= 4 is 16.9 Å². The monoisotopic (exact) mass is 545 g/mol. The van der Waals surface area contributed by atoms with E-state index in [0.717, 1.165) is 49.4 Å². The Labute approximate surface area is 239 Å². The van der Waals surface area contributed by atoms with Gasteiger partial charge in [0, 0.05) is 22.0 Å². The number of carboxylic acids is 1. The second kappa shape index (κ2) is 8.04. The van der Waals surface area contributed by atoms with E-state index in [0.29, 0.717) is 23.7 Å². The van der Waals surface area contributed by atoms with E-state index in [-0.39, 0.29) is 33.4 Å². The van der Waals surface area contributed by atoms with Crippen molar-refractivity contribution in [3.63, 3.8) is 0 Å². The molecule has 1 aromatic carbocycles. The molecule has 5 aliphatic carbocycles. The van der Waals surface area contributed by atoms with E-state index in [4.69, 9.17) is 0 Å². The van der Waals surface area contributed by atoms with Gasteiger partial charge in [-0.15, -0.1) is 0 Å². The quantitative estimate of drug-likeness (QED) is 0.370. The van der Waals surface area contributed by atoms with Crippen LogP contribution < -0.4 is 0 Å². The highest BCUT2D eigenvalue weighted by Crippen LogP contribution is 2.77. The van der Waals surface area contributed by atoms with Crippen LogP contribution in [0.5, 0.6) is 0 Å².